The van der Waals surface area contributed by atoms with Gasteiger partial charge in [0.1, 0.15) is 5.58 Å². The average Bonchev–Trinajstić information content (AvgIpc) is 3.92. The molecule has 2 heteroatoms. The topological polar surface area (TPSA) is 16.4 Å². The summed E-state index contributed by atoms with van der Waals surface area (Å²) in [5, 5.41) is 2.21. The largest absolute Gasteiger partial charge is 0.454 e. The minimum absolute atomic E-state index is 0.115. The molecule has 2 aliphatic rings. The molecule has 284 valence electrons. The Hall–Kier alpha value is -7.42. The van der Waals surface area contributed by atoms with E-state index < -0.39 is 5.41 Å². The van der Waals surface area contributed by atoms with Gasteiger partial charge < -0.3 is 9.32 Å². The summed E-state index contributed by atoms with van der Waals surface area (Å²) >= 11 is 0. The van der Waals surface area contributed by atoms with Crippen molar-refractivity contribution >= 4 is 39.0 Å². The maximum atomic E-state index is 6.79. The molecular weight excluding hydrogens is 727 g/mol. The monoisotopic (exact) mass is 767 g/mol. The Bertz CT molecular complexity index is 3240. The predicted molar refractivity (Wildman–Crippen MR) is 249 cm³/mol. The molecule has 0 aliphatic heterocycles. The Morgan fingerprint density at radius 3 is 1.70 bits per heavy atom. The molecule has 2 nitrogen and oxygen atoms in total. The van der Waals surface area contributed by atoms with E-state index in [-0.39, 0.29) is 5.41 Å². The maximum absolute atomic E-state index is 6.79. The van der Waals surface area contributed by atoms with Crippen LogP contribution in [-0.2, 0) is 10.8 Å². The molecule has 0 spiro atoms. The Morgan fingerprint density at radius 2 is 0.950 bits per heavy atom. The van der Waals surface area contributed by atoms with E-state index in [2.05, 4.69) is 225 Å². The molecule has 1 heterocycles. The van der Waals surface area contributed by atoms with Crippen LogP contribution in [0.1, 0.15) is 47.2 Å². The van der Waals surface area contributed by atoms with Crippen molar-refractivity contribution in [3.05, 3.63) is 246 Å². The standard InChI is InChI=1S/C58H41NO/c1-57(2)50-27-12-9-22-45(50)48-25-15-24-43(55(48)57)38-31-33-41(34-32-38)59(53-29-16-26-49-47-23-11-14-30-54(47)60-56(49)53)42-35-36-46-44-21-10-13-28-51(44)58(52(46)37-42,39-17-5-3-6-18-39)40-19-7-4-8-20-40/h3-37H,1-2H3. The number of rotatable bonds is 6. The second kappa shape index (κ2) is 13.0. The molecule has 12 rings (SSSR count). The first-order valence-electron chi connectivity index (χ1n) is 20.9. The summed E-state index contributed by atoms with van der Waals surface area (Å²) in [5.74, 6) is 0. The molecule has 60 heavy (non-hydrogen) atoms. The number of para-hydroxylation sites is 2. The normalized spacial score (nSPS) is 14.1. The van der Waals surface area contributed by atoms with Crippen LogP contribution in [0.15, 0.2) is 217 Å². The van der Waals surface area contributed by atoms with E-state index >= 15 is 0 Å². The predicted octanol–water partition coefficient (Wildman–Crippen LogP) is 15.4. The summed E-state index contributed by atoms with van der Waals surface area (Å²) in [6.45, 7) is 4.73. The first kappa shape index (κ1) is 34.6. The van der Waals surface area contributed by atoms with Crippen LogP contribution >= 0.6 is 0 Å². The summed E-state index contributed by atoms with van der Waals surface area (Å²) in [4.78, 5) is 2.40. The van der Waals surface area contributed by atoms with E-state index in [0.29, 0.717) is 0 Å². The Morgan fingerprint density at radius 1 is 0.400 bits per heavy atom. The fourth-order valence-electron chi connectivity index (χ4n) is 10.8. The molecule has 9 aromatic carbocycles. The number of hydrogen-bond donors (Lipinski definition) is 0. The second-order valence-corrected chi connectivity index (χ2v) is 16.8. The highest BCUT2D eigenvalue weighted by atomic mass is 16.3. The molecule has 0 N–H and O–H groups in total. The third-order valence-corrected chi connectivity index (χ3v) is 13.3. The van der Waals surface area contributed by atoms with Crippen LogP contribution in [0.4, 0.5) is 17.1 Å². The average molecular weight is 768 g/mol. The van der Waals surface area contributed by atoms with Crippen LogP contribution in [0, 0.1) is 0 Å². The van der Waals surface area contributed by atoms with Crippen molar-refractivity contribution < 1.29 is 4.42 Å². The number of fused-ring (bicyclic) bond motifs is 9. The smallest absolute Gasteiger partial charge is 0.159 e. The highest BCUT2D eigenvalue weighted by Crippen LogP contribution is 2.58. The number of benzene rings is 9. The lowest BCUT2D eigenvalue weighted by atomic mass is 9.67. The lowest BCUT2D eigenvalue weighted by Gasteiger charge is -2.35. The van der Waals surface area contributed by atoms with Crippen molar-refractivity contribution in [2.45, 2.75) is 24.7 Å². The minimum Gasteiger partial charge on any atom is -0.454 e. The highest BCUT2D eigenvalue weighted by molar-refractivity contribution is 6.10. The molecule has 0 amide bonds. The van der Waals surface area contributed by atoms with Gasteiger partial charge in [0.05, 0.1) is 11.1 Å². The molecule has 0 radical (unpaired) electrons. The van der Waals surface area contributed by atoms with Crippen LogP contribution in [-0.4, -0.2) is 0 Å². The van der Waals surface area contributed by atoms with E-state index in [4.69, 9.17) is 4.42 Å². The number of nitrogens with zero attached hydrogens (tertiary/aromatic N) is 1. The molecule has 0 saturated carbocycles. The van der Waals surface area contributed by atoms with Gasteiger partial charge in [-0.2, -0.15) is 0 Å². The van der Waals surface area contributed by atoms with Gasteiger partial charge in [-0.15, -0.1) is 0 Å². The van der Waals surface area contributed by atoms with E-state index in [1.165, 1.54) is 66.8 Å². The quantitative estimate of drug-likeness (QED) is 0.168. The number of anilines is 3. The molecule has 1 aromatic heterocycles. The van der Waals surface area contributed by atoms with Crippen molar-refractivity contribution in [3.63, 3.8) is 0 Å². The Labute approximate surface area is 350 Å². The lowest BCUT2D eigenvalue weighted by Crippen LogP contribution is -2.28. The fourth-order valence-corrected chi connectivity index (χ4v) is 10.8. The summed E-state index contributed by atoms with van der Waals surface area (Å²) < 4.78 is 6.79. The summed E-state index contributed by atoms with van der Waals surface area (Å²) in [7, 11) is 0. The molecule has 10 aromatic rings. The molecule has 0 saturated heterocycles. The number of hydrogen-bond acceptors (Lipinski definition) is 2. The van der Waals surface area contributed by atoms with Crippen molar-refractivity contribution in [1.29, 1.82) is 0 Å². The highest BCUT2D eigenvalue weighted by Gasteiger charge is 2.46. The van der Waals surface area contributed by atoms with Gasteiger partial charge in [0, 0.05) is 27.6 Å². The van der Waals surface area contributed by atoms with Crippen molar-refractivity contribution in [3.8, 4) is 33.4 Å². The fraction of sp³-hybridized carbons (Fsp3) is 0.0690. The molecule has 0 unspecified atom stereocenters. The SMILES string of the molecule is CC1(C)c2ccccc2-c2cccc(-c3ccc(N(c4ccc5c(c4)C(c4ccccc4)(c4ccccc4)c4ccccc4-5)c4cccc5c4oc4ccccc45)cc3)c21. The zero-order valence-electron chi connectivity index (χ0n) is 33.6. The van der Waals surface area contributed by atoms with Crippen molar-refractivity contribution in [2.24, 2.45) is 0 Å². The van der Waals surface area contributed by atoms with Gasteiger partial charge in [-0.05, 0) is 103 Å². The number of furan rings is 1. The third kappa shape index (κ3) is 4.82. The summed E-state index contributed by atoms with van der Waals surface area (Å²) in [5.41, 5.74) is 19.7. The third-order valence-electron chi connectivity index (χ3n) is 13.3. The zero-order valence-corrected chi connectivity index (χ0v) is 33.6. The Kier molecular flexibility index (Phi) is 7.52. The van der Waals surface area contributed by atoms with E-state index in [1.807, 2.05) is 6.07 Å². The van der Waals surface area contributed by atoms with Gasteiger partial charge in [-0.3, -0.25) is 0 Å². The van der Waals surface area contributed by atoms with Gasteiger partial charge in [0.25, 0.3) is 0 Å². The van der Waals surface area contributed by atoms with Crippen LogP contribution in [0.2, 0.25) is 0 Å². The molecule has 0 atom stereocenters. The van der Waals surface area contributed by atoms with Gasteiger partial charge in [-0.1, -0.05) is 190 Å². The minimum atomic E-state index is -0.524. The first-order chi connectivity index (χ1) is 29.5. The molecule has 2 aliphatic carbocycles. The lowest BCUT2D eigenvalue weighted by molar-refractivity contribution is 0.662. The zero-order chi connectivity index (χ0) is 40.0. The molecule has 0 bridgehead atoms. The van der Waals surface area contributed by atoms with Gasteiger partial charge >= 0.3 is 0 Å². The van der Waals surface area contributed by atoms with E-state index in [0.717, 1.165) is 39.0 Å². The Balaban J connectivity index is 1.09. The second-order valence-electron chi connectivity index (χ2n) is 16.8. The summed E-state index contributed by atoms with van der Waals surface area (Å²) in [6.07, 6.45) is 0. The van der Waals surface area contributed by atoms with Gasteiger partial charge in [0.15, 0.2) is 5.58 Å². The van der Waals surface area contributed by atoms with Gasteiger partial charge in [-0.25, -0.2) is 0 Å². The van der Waals surface area contributed by atoms with E-state index in [1.54, 1.807) is 0 Å². The van der Waals surface area contributed by atoms with Crippen LogP contribution in [0.3, 0.4) is 0 Å². The van der Waals surface area contributed by atoms with Crippen LogP contribution in [0.5, 0.6) is 0 Å². The first-order valence-corrected chi connectivity index (χ1v) is 20.9. The van der Waals surface area contributed by atoms with Gasteiger partial charge in [0.2, 0.25) is 0 Å². The van der Waals surface area contributed by atoms with Crippen LogP contribution in [0.25, 0.3) is 55.3 Å². The van der Waals surface area contributed by atoms with Crippen molar-refractivity contribution in [1.82, 2.24) is 0 Å². The van der Waals surface area contributed by atoms with E-state index in [9.17, 15) is 0 Å². The molecule has 0 fully saturated rings. The summed E-state index contributed by atoms with van der Waals surface area (Å²) in [6, 6.07) is 77.8. The van der Waals surface area contributed by atoms with Crippen molar-refractivity contribution in [2.75, 3.05) is 4.90 Å². The molecular formula is C58H41NO. The maximum Gasteiger partial charge on any atom is 0.159 e. The van der Waals surface area contributed by atoms with Crippen LogP contribution < -0.4 is 4.90 Å².